The van der Waals surface area contributed by atoms with Crippen molar-refractivity contribution in [2.24, 2.45) is 0 Å². The zero-order valence-corrected chi connectivity index (χ0v) is 7.18. The molecular formula is C6H8N2O3S. The number of aromatic amines is 1. The smallest absolute Gasteiger partial charge is 0.255 e. The van der Waals surface area contributed by atoms with Gasteiger partial charge in [-0.3, -0.25) is 4.79 Å². The third-order valence-electron chi connectivity index (χ3n) is 1.30. The molecule has 0 bridgehead atoms. The van der Waals surface area contributed by atoms with Crippen molar-refractivity contribution in [2.45, 2.75) is 5.03 Å². The van der Waals surface area contributed by atoms with Crippen molar-refractivity contribution in [3.8, 4) is 0 Å². The maximum absolute atomic E-state index is 11.1. The van der Waals surface area contributed by atoms with Gasteiger partial charge in [-0.05, 0) is 13.1 Å². The lowest BCUT2D eigenvalue weighted by atomic mass is 10.5. The molecule has 1 rings (SSSR count). The Morgan fingerprint density at radius 2 is 2.08 bits per heavy atom. The van der Waals surface area contributed by atoms with Crippen LogP contribution in [-0.4, -0.2) is 20.4 Å². The molecular weight excluding hydrogens is 180 g/mol. The van der Waals surface area contributed by atoms with E-state index in [1.165, 1.54) is 25.2 Å². The van der Waals surface area contributed by atoms with Gasteiger partial charge in [0.2, 0.25) is 5.56 Å². The normalized spacial score (nSPS) is 11.4. The number of rotatable bonds is 2. The second-order valence-corrected chi connectivity index (χ2v) is 3.94. The Morgan fingerprint density at radius 1 is 1.42 bits per heavy atom. The van der Waals surface area contributed by atoms with Crippen LogP contribution in [0.5, 0.6) is 0 Å². The van der Waals surface area contributed by atoms with Crippen LogP contribution in [0.3, 0.4) is 0 Å². The van der Waals surface area contributed by atoms with Gasteiger partial charge in [-0.25, -0.2) is 13.1 Å². The highest BCUT2D eigenvalue weighted by atomic mass is 32.2. The predicted octanol–water partition coefficient (Wildman–Crippen LogP) is -0.717. The van der Waals surface area contributed by atoms with Crippen molar-refractivity contribution in [2.75, 3.05) is 7.05 Å². The summed E-state index contributed by atoms with van der Waals surface area (Å²) >= 11 is 0. The van der Waals surface area contributed by atoms with E-state index in [0.29, 0.717) is 0 Å². The first-order valence-electron chi connectivity index (χ1n) is 3.19. The molecule has 0 saturated carbocycles. The molecule has 12 heavy (non-hydrogen) atoms. The van der Waals surface area contributed by atoms with Crippen LogP contribution >= 0.6 is 0 Å². The van der Waals surface area contributed by atoms with Gasteiger partial charge in [0.05, 0.1) is 0 Å². The maximum Gasteiger partial charge on any atom is 0.255 e. The SMILES string of the molecule is CNS(=O)(=O)c1cccc(=O)[nH]1. The summed E-state index contributed by atoms with van der Waals surface area (Å²) in [6, 6.07) is 3.94. The first-order valence-corrected chi connectivity index (χ1v) is 4.67. The van der Waals surface area contributed by atoms with Gasteiger partial charge in [0.25, 0.3) is 10.0 Å². The Morgan fingerprint density at radius 3 is 2.58 bits per heavy atom. The second kappa shape index (κ2) is 3.08. The summed E-state index contributed by atoms with van der Waals surface area (Å²) < 4.78 is 24.2. The summed E-state index contributed by atoms with van der Waals surface area (Å²) in [6.45, 7) is 0. The Balaban J connectivity index is 3.31. The summed E-state index contributed by atoms with van der Waals surface area (Å²) in [5, 5.41) is -0.127. The number of sulfonamides is 1. The van der Waals surface area contributed by atoms with Crippen LogP contribution in [0.1, 0.15) is 0 Å². The molecule has 0 unspecified atom stereocenters. The molecule has 0 saturated heterocycles. The van der Waals surface area contributed by atoms with E-state index in [1.807, 2.05) is 0 Å². The van der Waals surface area contributed by atoms with Crippen molar-refractivity contribution in [1.82, 2.24) is 9.71 Å². The van der Waals surface area contributed by atoms with Crippen LogP contribution in [0.15, 0.2) is 28.0 Å². The molecule has 1 heterocycles. The minimum absolute atomic E-state index is 0.127. The van der Waals surface area contributed by atoms with E-state index in [-0.39, 0.29) is 5.03 Å². The number of hydrogen-bond donors (Lipinski definition) is 2. The summed E-state index contributed by atoms with van der Waals surface area (Å²) in [4.78, 5) is 12.9. The largest absolute Gasteiger partial charge is 0.312 e. The van der Waals surface area contributed by atoms with Gasteiger partial charge in [-0.15, -0.1) is 0 Å². The first-order chi connectivity index (χ1) is 5.56. The van der Waals surface area contributed by atoms with E-state index in [2.05, 4.69) is 9.71 Å². The number of nitrogens with one attached hydrogen (secondary N) is 2. The minimum Gasteiger partial charge on any atom is -0.312 e. The van der Waals surface area contributed by atoms with Crippen molar-refractivity contribution < 1.29 is 8.42 Å². The zero-order valence-electron chi connectivity index (χ0n) is 6.37. The highest BCUT2D eigenvalue weighted by molar-refractivity contribution is 7.89. The van der Waals surface area contributed by atoms with Crippen molar-refractivity contribution in [1.29, 1.82) is 0 Å². The van der Waals surface area contributed by atoms with Gasteiger partial charge in [0.1, 0.15) is 0 Å². The van der Waals surface area contributed by atoms with Crippen LogP contribution in [0, 0.1) is 0 Å². The fraction of sp³-hybridized carbons (Fsp3) is 0.167. The van der Waals surface area contributed by atoms with Crippen molar-refractivity contribution in [3.63, 3.8) is 0 Å². The summed E-state index contributed by atoms with van der Waals surface area (Å²) in [5.74, 6) is 0. The molecule has 1 aromatic rings. The Kier molecular flexibility index (Phi) is 2.30. The number of H-pyrrole nitrogens is 1. The molecule has 0 aromatic carbocycles. The quantitative estimate of drug-likeness (QED) is 0.643. The van der Waals surface area contributed by atoms with E-state index in [4.69, 9.17) is 0 Å². The molecule has 0 aliphatic rings. The average molecular weight is 188 g/mol. The van der Waals surface area contributed by atoms with Gasteiger partial charge >= 0.3 is 0 Å². The highest BCUT2D eigenvalue weighted by Crippen LogP contribution is 1.98. The summed E-state index contributed by atoms with van der Waals surface area (Å²) in [6.07, 6.45) is 0. The van der Waals surface area contributed by atoms with Crippen LogP contribution in [-0.2, 0) is 10.0 Å². The molecule has 0 aliphatic carbocycles. The fourth-order valence-corrected chi connectivity index (χ4v) is 1.41. The molecule has 1 aromatic heterocycles. The Bertz CT molecular complexity index is 420. The molecule has 2 N–H and O–H groups in total. The number of pyridine rings is 1. The van der Waals surface area contributed by atoms with Gasteiger partial charge in [0.15, 0.2) is 5.03 Å². The van der Waals surface area contributed by atoms with E-state index >= 15 is 0 Å². The third kappa shape index (κ3) is 1.72. The molecule has 66 valence electrons. The lowest BCUT2D eigenvalue weighted by molar-refractivity contribution is 0.584. The summed E-state index contributed by atoms with van der Waals surface area (Å²) in [7, 11) is -2.25. The van der Waals surface area contributed by atoms with Crippen LogP contribution < -0.4 is 10.3 Å². The zero-order chi connectivity index (χ0) is 9.19. The highest BCUT2D eigenvalue weighted by Gasteiger charge is 2.10. The van der Waals surface area contributed by atoms with Gasteiger partial charge in [0, 0.05) is 6.07 Å². The van der Waals surface area contributed by atoms with Gasteiger partial charge in [-0.2, -0.15) is 0 Å². The van der Waals surface area contributed by atoms with Crippen molar-refractivity contribution >= 4 is 10.0 Å². The Labute approximate surface area is 69.5 Å². The lowest BCUT2D eigenvalue weighted by Crippen LogP contribution is -2.22. The van der Waals surface area contributed by atoms with Gasteiger partial charge < -0.3 is 4.98 Å². The molecule has 0 fully saturated rings. The molecule has 0 amide bonds. The van der Waals surface area contributed by atoms with Crippen LogP contribution in [0.25, 0.3) is 0 Å². The second-order valence-electron chi connectivity index (χ2n) is 2.09. The molecule has 0 spiro atoms. The fourth-order valence-electron chi connectivity index (χ4n) is 0.694. The van der Waals surface area contributed by atoms with E-state index < -0.39 is 15.6 Å². The predicted molar refractivity (Wildman–Crippen MR) is 43.3 cm³/mol. The average Bonchev–Trinajstić information content (AvgIpc) is 2.05. The van der Waals surface area contributed by atoms with E-state index in [0.717, 1.165) is 0 Å². The van der Waals surface area contributed by atoms with E-state index in [9.17, 15) is 13.2 Å². The molecule has 0 aliphatic heterocycles. The topological polar surface area (TPSA) is 79.0 Å². The van der Waals surface area contributed by atoms with Crippen molar-refractivity contribution in [3.05, 3.63) is 28.6 Å². The molecule has 5 nitrogen and oxygen atoms in total. The Hall–Kier alpha value is -1.14. The lowest BCUT2D eigenvalue weighted by Gasteiger charge is -1.99. The van der Waals surface area contributed by atoms with Crippen LogP contribution in [0.4, 0.5) is 0 Å². The monoisotopic (exact) mass is 188 g/mol. The maximum atomic E-state index is 11.1. The first kappa shape index (κ1) is 8.95. The molecule has 0 radical (unpaired) electrons. The van der Waals surface area contributed by atoms with E-state index in [1.54, 1.807) is 0 Å². The molecule has 0 atom stereocenters. The minimum atomic E-state index is -3.53. The number of aromatic nitrogens is 1. The summed E-state index contributed by atoms with van der Waals surface area (Å²) in [5.41, 5.74) is -0.439. The van der Waals surface area contributed by atoms with Gasteiger partial charge in [-0.1, -0.05) is 6.07 Å². The number of hydrogen-bond acceptors (Lipinski definition) is 3. The standard InChI is InChI=1S/C6H8N2O3S/c1-7-12(10,11)6-4-2-3-5(9)8-6/h2-4,7H,1H3,(H,8,9). The van der Waals surface area contributed by atoms with Crippen LogP contribution in [0.2, 0.25) is 0 Å². The molecule has 6 heteroatoms. The third-order valence-corrected chi connectivity index (χ3v) is 2.65.